The fraction of sp³-hybridized carbons (Fsp3) is 0.583. The van der Waals surface area contributed by atoms with Crippen molar-refractivity contribution in [2.45, 2.75) is 45.7 Å². The lowest BCUT2D eigenvalue weighted by Gasteiger charge is -2.14. The van der Waals surface area contributed by atoms with Crippen LogP contribution >= 0.6 is 0 Å². The maximum absolute atomic E-state index is 11.7. The maximum atomic E-state index is 11.7. The van der Waals surface area contributed by atoms with Gasteiger partial charge in [-0.15, -0.1) is 0 Å². The molecule has 1 aromatic rings. The predicted octanol–water partition coefficient (Wildman–Crippen LogP) is 1.84. The van der Waals surface area contributed by atoms with E-state index in [1.165, 1.54) is 0 Å². The first kappa shape index (κ1) is 15.0. The van der Waals surface area contributed by atoms with Crippen molar-refractivity contribution in [2.24, 2.45) is 0 Å². The zero-order chi connectivity index (χ0) is 14.4. The SMILES string of the molecule is CCC(CC(=O)O)NC(=O)Nc1cnn(C(C)C)c1. The number of carbonyl (C=O) groups is 2. The molecule has 0 aliphatic heterocycles. The van der Waals surface area contributed by atoms with Crippen molar-refractivity contribution in [3.8, 4) is 0 Å². The number of hydrogen-bond acceptors (Lipinski definition) is 3. The molecule has 3 N–H and O–H groups in total. The summed E-state index contributed by atoms with van der Waals surface area (Å²) >= 11 is 0. The lowest BCUT2D eigenvalue weighted by molar-refractivity contribution is -0.137. The summed E-state index contributed by atoms with van der Waals surface area (Å²) in [6, 6.07) is -0.580. The molecule has 1 aromatic heterocycles. The number of nitrogens with one attached hydrogen (secondary N) is 2. The molecule has 0 aromatic carbocycles. The number of carboxylic acid groups (broad SMARTS) is 1. The molecule has 7 heteroatoms. The van der Waals surface area contributed by atoms with Gasteiger partial charge in [-0.05, 0) is 20.3 Å². The van der Waals surface area contributed by atoms with E-state index in [4.69, 9.17) is 5.11 Å². The summed E-state index contributed by atoms with van der Waals surface area (Å²) in [5, 5.41) is 18.0. The van der Waals surface area contributed by atoms with Gasteiger partial charge < -0.3 is 15.7 Å². The Bertz CT molecular complexity index is 442. The fourth-order valence-corrected chi connectivity index (χ4v) is 1.55. The second-order valence-electron chi connectivity index (χ2n) is 4.60. The molecule has 7 nitrogen and oxygen atoms in total. The monoisotopic (exact) mass is 268 g/mol. The number of amides is 2. The van der Waals surface area contributed by atoms with Crippen LogP contribution in [0.4, 0.5) is 10.5 Å². The minimum atomic E-state index is -0.931. The van der Waals surface area contributed by atoms with Crippen LogP contribution in [0.25, 0.3) is 0 Å². The van der Waals surface area contributed by atoms with Gasteiger partial charge in [0.25, 0.3) is 0 Å². The van der Waals surface area contributed by atoms with Crippen LogP contribution in [0, 0.1) is 0 Å². The molecular formula is C12H20N4O3. The number of carbonyl (C=O) groups excluding carboxylic acids is 1. The highest BCUT2D eigenvalue weighted by Crippen LogP contribution is 2.09. The largest absolute Gasteiger partial charge is 0.481 e. The summed E-state index contributed by atoms with van der Waals surface area (Å²) in [6.07, 6.45) is 3.75. The first-order valence-corrected chi connectivity index (χ1v) is 6.25. The summed E-state index contributed by atoms with van der Waals surface area (Å²) in [4.78, 5) is 22.3. The highest BCUT2D eigenvalue weighted by Gasteiger charge is 2.14. The summed E-state index contributed by atoms with van der Waals surface area (Å²) in [5.41, 5.74) is 0.580. The van der Waals surface area contributed by atoms with Crippen molar-refractivity contribution < 1.29 is 14.7 Å². The standard InChI is InChI=1S/C12H20N4O3/c1-4-9(5-11(17)18)14-12(19)15-10-6-13-16(7-10)8(2)3/h6-9H,4-5H2,1-3H3,(H,17,18)(H2,14,15,19). The number of hydrogen-bond donors (Lipinski definition) is 3. The normalized spacial score (nSPS) is 12.2. The van der Waals surface area contributed by atoms with E-state index in [2.05, 4.69) is 15.7 Å². The van der Waals surface area contributed by atoms with Crippen molar-refractivity contribution in [1.29, 1.82) is 0 Å². The van der Waals surface area contributed by atoms with E-state index in [-0.39, 0.29) is 18.5 Å². The molecule has 19 heavy (non-hydrogen) atoms. The first-order chi connectivity index (χ1) is 8.92. The van der Waals surface area contributed by atoms with Gasteiger partial charge in [-0.1, -0.05) is 6.92 Å². The highest BCUT2D eigenvalue weighted by molar-refractivity contribution is 5.89. The third kappa shape index (κ3) is 4.99. The predicted molar refractivity (Wildman–Crippen MR) is 71.1 cm³/mol. The van der Waals surface area contributed by atoms with Gasteiger partial charge in [-0.2, -0.15) is 5.10 Å². The van der Waals surface area contributed by atoms with Gasteiger partial charge in [0.2, 0.25) is 0 Å². The fourth-order valence-electron chi connectivity index (χ4n) is 1.55. The number of nitrogens with zero attached hydrogens (tertiary/aromatic N) is 2. The molecule has 0 bridgehead atoms. The highest BCUT2D eigenvalue weighted by atomic mass is 16.4. The Labute approximate surface area is 112 Å². The number of urea groups is 1. The van der Waals surface area contributed by atoms with Gasteiger partial charge in [0.1, 0.15) is 0 Å². The molecule has 2 amide bonds. The minimum absolute atomic E-state index is 0.0881. The third-order valence-electron chi connectivity index (χ3n) is 2.64. The smallest absolute Gasteiger partial charge is 0.319 e. The molecule has 0 spiro atoms. The molecule has 1 atom stereocenters. The molecule has 0 aliphatic carbocycles. The molecule has 0 aliphatic rings. The van der Waals surface area contributed by atoms with Gasteiger partial charge in [-0.25, -0.2) is 4.79 Å². The number of rotatable bonds is 6. The molecule has 0 fully saturated rings. The van der Waals surface area contributed by atoms with Crippen LogP contribution in [0.3, 0.4) is 0 Å². The average molecular weight is 268 g/mol. The lowest BCUT2D eigenvalue weighted by atomic mass is 10.1. The molecule has 0 saturated carbocycles. The van der Waals surface area contributed by atoms with Crippen LogP contribution in [0.5, 0.6) is 0 Å². The summed E-state index contributed by atoms with van der Waals surface area (Å²) in [5.74, 6) is -0.931. The topological polar surface area (TPSA) is 96.2 Å². The Morgan fingerprint density at radius 3 is 2.63 bits per heavy atom. The van der Waals surface area contributed by atoms with Gasteiger partial charge in [-0.3, -0.25) is 9.48 Å². The van der Waals surface area contributed by atoms with Gasteiger partial charge in [0, 0.05) is 18.3 Å². The van der Waals surface area contributed by atoms with Crippen LogP contribution in [-0.2, 0) is 4.79 Å². The van der Waals surface area contributed by atoms with E-state index >= 15 is 0 Å². The van der Waals surface area contributed by atoms with Crippen LogP contribution in [0.2, 0.25) is 0 Å². The van der Waals surface area contributed by atoms with Gasteiger partial charge in [0.05, 0.1) is 18.3 Å². The van der Waals surface area contributed by atoms with E-state index in [1.54, 1.807) is 17.1 Å². The van der Waals surface area contributed by atoms with Crippen molar-refractivity contribution >= 4 is 17.7 Å². The van der Waals surface area contributed by atoms with E-state index in [0.29, 0.717) is 12.1 Å². The van der Waals surface area contributed by atoms with Gasteiger partial charge >= 0.3 is 12.0 Å². The number of carboxylic acids is 1. The quantitative estimate of drug-likeness (QED) is 0.733. The van der Waals surface area contributed by atoms with Crippen molar-refractivity contribution in [1.82, 2.24) is 15.1 Å². The van der Waals surface area contributed by atoms with E-state index in [9.17, 15) is 9.59 Å². The van der Waals surface area contributed by atoms with Crippen LogP contribution in [0.15, 0.2) is 12.4 Å². The maximum Gasteiger partial charge on any atom is 0.319 e. The molecule has 106 valence electrons. The first-order valence-electron chi connectivity index (χ1n) is 6.25. The Morgan fingerprint density at radius 2 is 2.16 bits per heavy atom. The molecular weight excluding hydrogens is 248 g/mol. The Hall–Kier alpha value is -2.05. The Balaban J connectivity index is 2.51. The van der Waals surface area contributed by atoms with Gasteiger partial charge in [0.15, 0.2) is 0 Å². The molecule has 1 unspecified atom stereocenters. The number of aliphatic carboxylic acids is 1. The Morgan fingerprint density at radius 1 is 1.47 bits per heavy atom. The van der Waals surface area contributed by atoms with Crippen LogP contribution < -0.4 is 10.6 Å². The molecule has 0 saturated heterocycles. The number of anilines is 1. The van der Waals surface area contributed by atoms with E-state index in [1.807, 2.05) is 20.8 Å². The van der Waals surface area contributed by atoms with E-state index in [0.717, 1.165) is 0 Å². The summed E-state index contributed by atoms with van der Waals surface area (Å²) in [6.45, 7) is 5.79. The zero-order valence-electron chi connectivity index (χ0n) is 11.4. The van der Waals surface area contributed by atoms with Crippen molar-refractivity contribution in [3.05, 3.63) is 12.4 Å². The summed E-state index contributed by atoms with van der Waals surface area (Å²) in [7, 11) is 0. The summed E-state index contributed by atoms with van der Waals surface area (Å²) < 4.78 is 1.73. The second kappa shape index (κ2) is 6.77. The average Bonchev–Trinajstić information content (AvgIpc) is 2.75. The third-order valence-corrected chi connectivity index (χ3v) is 2.64. The van der Waals surface area contributed by atoms with Crippen molar-refractivity contribution in [2.75, 3.05) is 5.32 Å². The number of aromatic nitrogens is 2. The molecule has 0 radical (unpaired) electrons. The minimum Gasteiger partial charge on any atom is -0.481 e. The lowest BCUT2D eigenvalue weighted by Crippen LogP contribution is -2.38. The van der Waals surface area contributed by atoms with Crippen LogP contribution in [0.1, 0.15) is 39.7 Å². The van der Waals surface area contributed by atoms with Crippen LogP contribution in [-0.4, -0.2) is 32.9 Å². The second-order valence-corrected chi connectivity index (χ2v) is 4.60. The molecule has 1 rings (SSSR count). The Kier molecular flexibility index (Phi) is 5.35. The van der Waals surface area contributed by atoms with E-state index < -0.39 is 12.0 Å². The van der Waals surface area contributed by atoms with Crippen molar-refractivity contribution in [3.63, 3.8) is 0 Å². The zero-order valence-corrected chi connectivity index (χ0v) is 11.4. The molecule has 1 heterocycles.